The third-order valence-corrected chi connectivity index (χ3v) is 5.56. The molecule has 0 aliphatic carbocycles. The number of aromatic nitrogens is 1. The van der Waals surface area contributed by atoms with Crippen LogP contribution in [0.15, 0.2) is 71.3 Å². The molecule has 2 aromatic carbocycles. The zero-order valence-corrected chi connectivity index (χ0v) is 17.2. The maximum atomic E-state index is 12.7. The Balaban J connectivity index is 1.71. The summed E-state index contributed by atoms with van der Waals surface area (Å²) in [6.07, 6.45) is 1.39. The first-order chi connectivity index (χ1) is 13.4. The molecule has 1 aliphatic heterocycles. The van der Waals surface area contributed by atoms with E-state index in [2.05, 4.69) is 20.9 Å². The maximum absolute atomic E-state index is 12.7. The summed E-state index contributed by atoms with van der Waals surface area (Å²) in [5.74, 6) is 0.452. The van der Waals surface area contributed by atoms with E-state index in [0.29, 0.717) is 5.82 Å². The molecule has 5 nitrogen and oxygen atoms in total. The first kappa shape index (κ1) is 18.5. The minimum absolute atomic E-state index is 0.209. The molecule has 142 valence electrons. The number of pyridine rings is 1. The summed E-state index contributed by atoms with van der Waals surface area (Å²) >= 11 is 3.41. The Hall–Kier alpha value is -2.86. The van der Waals surface area contributed by atoms with Crippen LogP contribution in [0.2, 0.25) is 0 Å². The molecule has 0 radical (unpaired) electrons. The minimum Gasteiger partial charge on any atom is -0.441 e. The van der Waals surface area contributed by atoms with Gasteiger partial charge in [-0.3, -0.25) is 4.90 Å². The summed E-state index contributed by atoms with van der Waals surface area (Å²) in [6.45, 7) is 3.88. The van der Waals surface area contributed by atoms with Crippen LogP contribution in [0.5, 0.6) is 0 Å². The number of hydrogen-bond acceptors (Lipinski definition) is 4. The van der Waals surface area contributed by atoms with Gasteiger partial charge < -0.3 is 10.5 Å². The van der Waals surface area contributed by atoms with Crippen LogP contribution in [0.4, 0.5) is 16.3 Å². The molecule has 0 saturated carbocycles. The van der Waals surface area contributed by atoms with Crippen molar-refractivity contribution < 1.29 is 9.53 Å². The van der Waals surface area contributed by atoms with E-state index in [-0.39, 0.29) is 12.1 Å². The van der Waals surface area contributed by atoms with Crippen molar-refractivity contribution in [1.82, 2.24) is 4.98 Å². The van der Waals surface area contributed by atoms with Gasteiger partial charge in [0.05, 0.1) is 4.47 Å². The van der Waals surface area contributed by atoms with Crippen LogP contribution in [-0.4, -0.2) is 16.7 Å². The third-order valence-electron chi connectivity index (χ3n) is 4.93. The molecule has 0 bridgehead atoms. The zero-order chi connectivity index (χ0) is 19.9. The summed E-state index contributed by atoms with van der Waals surface area (Å²) < 4.78 is 6.44. The molecule has 2 N–H and O–H groups in total. The molecule has 6 heteroatoms. The molecule has 2 heterocycles. The first-order valence-electron chi connectivity index (χ1n) is 8.95. The average molecular weight is 438 g/mol. The number of rotatable bonds is 3. The van der Waals surface area contributed by atoms with E-state index in [9.17, 15) is 4.79 Å². The fraction of sp³-hybridized carbons (Fsp3) is 0.182. The second kappa shape index (κ2) is 6.95. The Bertz CT molecular complexity index is 1020. The molecule has 4 rings (SSSR count). The highest BCUT2D eigenvalue weighted by atomic mass is 79.9. The van der Waals surface area contributed by atoms with E-state index >= 15 is 0 Å². The van der Waals surface area contributed by atoms with Crippen molar-refractivity contribution in [3.63, 3.8) is 0 Å². The fourth-order valence-electron chi connectivity index (χ4n) is 3.61. The number of nitrogen functional groups attached to an aromatic ring is 1. The monoisotopic (exact) mass is 437 g/mol. The number of benzene rings is 2. The van der Waals surface area contributed by atoms with Gasteiger partial charge in [-0.15, -0.1) is 0 Å². The summed E-state index contributed by atoms with van der Waals surface area (Å²) in [5, 5.41) is 0. The van der Waals surface area contributed by atoms with Crippen LogP contribution in [0, 0.1) is 0 Å². The summed E-state index contributed by atoms with van der Waals surface area (Å²) in [7, 11) is 0. The highest BCUT2D eigenvalue weighted by Gasteiger charge is 2.49. The Morgan fingerprint density at radius 2 is 1.75 bits per heavy atom. The zero-order valence-electron chi connectivity index (χ0n) is 15.6. The highest BCUT2D eigenvalue weighted by molar-refractivity contribution is 9.10. The van der Waals surface area contributed by atoms with Crippen LogP contribution in [0.3, 0.4) is 0 Å². The number of nitrogens with two attached hydrogens (primary N) is 1. The molecular formula is C22H20BrN3O2. The topological polar surface area (TPSA) is 68.5 Å². The molecule has 1 unspecified atom stereocenters. The van der Waals surface area contributed by atoms with E-state index in [1.54, 1.807) is 11.1 Å². The van der Waals surface area contributed by atoms with E-state index < -0.39 is 5.60 Å². The van der Waals surface area contributed by atoms with Gasteiger partial charge in [-0.1, -0.05) is 42.5 Å². The molecule has 1 fully saturated rings. The van der Waals surface area contributed by atoms with Crippen molar-refractivity contribution in [1.29, 1.82) is 0 Å². The molecule has 0 spiro atoms. The number of halogens is 1. The fourth-order valence-corrected chi connectivity index (χ4v) is 3.96. The van der Waals surface area contributed by atoms with Crippen molar-refractivity contribution in [2.24, 2.45) is 0 Å². The number of carbonyl (C=O) groups is 1. The number of nitrogens with zero attached hydrogens (tertiary/aromatic N) is 2. The van der Waals surface area contributed by atoms with E-state index in [0.717, 1.165) is 26.9 Å². The number of carbonyl (C=O) groups excluding carboxylic acids is 1. The number of anilines is 2. The Morgan fingerprint density at radius 3 is 2.39 bits per heavy atom. The second-order valence-electron chi connectivity index (χ2n) is 7.29. The lowest BCUT2D eigenvalue weighted by atomic mass is 9.91. The van der Waals surface area contributed by atoms with Gasteiger partial charge in [-0.25, -0.2) is 9.78 Å². The Kier molecular flexibility index (Phi) is 4.59. The van der Waals surface area contributed by atoms with Crippen molar-refractivity contribution in [3.05, 3.63) is 76.9 Å². The quantitative estimate of drug-likeness (QED) is 0.581. The standard InChI is InChI=1S/C22H20BrN3O2/c1-22(2)19(15-6-4-3-5-7-15)26(21(27)28-22)17-10-8-14(9-11-17)16-12-18(23)20(24)25-13-16/h3-13,19H,1-2H3,(H2,24,25). The molecule has 3 aromatic rings. The lowest BCUT2D eigenvalue weighted by Crippen LogP contribution is -2.33. The Labute approximate surface area is 172 Å². The van der Waals surface area contributed by atoms with E-state index in [4.69, 9.17) is 10.5 Å². The van der Waals surface area contributed by atoms with Crippen molar-refractivity contribution >= 4 is 33.5 Å². The van der Waals surface area contributed by atoms with Crippen molar-refractivity contribution in [2.75, 3.05) is 10.6 Å². The second-order valence-corrected chi connectivity index (χ2v) is 8.15. The molecule has 28 heavy (non-hydrogen) atoms. The predicted molar refractivity (Wildman–Crippen MR) is 114 cm³/mol. The van der Waals surface area contributed by atoms with Crippen LogP contribution in [-0.2, 0) is 4.74 Å². The summed E-state index contributed by atoms with van der Waals surface area (Å²) in [4.78, 5) is 18.6. The predicted octanol–water partition coefficient (Wildman–Crippen LogP) is 5.57. The summed E-state index contributed by atoms with van der Waals surface area (Å²) in [5.41, 5.74) is 8.88. The maximum Gasteiger partial charge on any atom is 0.415 e. The largest absolute Gasteiger partial charge is 0.441 e. The van der Waals surface area contributed by atoms with E-state index in [1.807, 2.05) is 74.5 Å². The first-order valence-corrected chi connectivity index (χ1v) is 9.75. The van der Waals surface area contributed by atoms with Gasteiger partial charge in [-0.2, -0.15) is 0 Å². The van der Waals surface area contributed by atoms with Crippen LogP contribution in [0.25, 0.3) is 11.1 Å². The third kappa shape index (κ3) is 3.24. The normalized spacial score (nSPS) is 18.2. The van der Waals surface area contributed by atoms with Crippen molar-refractivity contribution in [3.8, 4) is 11.1 Å². The Morgan fingerprint density at radius 1 is 1.07 bits per heavy atom. The molecule has 1 atom stereocenters. The van der Waals surface area contributed by atoms with Gasteiger partial charge in [-0.05, 0) is 59.1 Å². The number of cyclic esters (lactones) is 1. The SMILES string of the molecule is CC1(C)OC(=O)N(c2ccc(-c3cnc(N)c(Br)c3)cc2)C1c1ccccc1. The van der Waals surface area contributed by atoms with Gasteiger partial charge in [0.2, 0.25) is 0 Å². The van der Waals surface area contributed by atoms with Crippen LogP contribution < -0.4 is 10.6 Å². The lowest BCUT2D eigenvalue weighted by Gasteiger charge is -2.29. The van der Waals surface area contributed by atoms with Gasteiger partial charge >= 0.3 is 6.09 Å². The van der Waals surface area contributed by atoms with Gasteiger partial charge in [0.15, 0.2) is 0 Å². The highest BCUT2D eigenvalue weighted by Crippen LogP contribution is 2.44. The molecule has 1 aromatic heterocycles. The van der Waals surface area contributed by atoms with Gasteiger partial charge in [0, 0.05) is 17.4 Å². The minimum atomic E-state index is -0.636. The average Bonchev–Trinajstić information content (AvgIpc) is 2.93. The molecule has 1 aliphatic rings. The number of ether oxygens (including phenoxy) is 1. The van der Waals surface area contributed by atoms with E-state index in [1.165, 1.54) is 0 Å². The lowest BCUT2D eigenvalue weighted by molar-refractivity contribution is 0.0685. The van der Waals surface area contributed by atoms with Crippen LogP contribution >= 0.6 is 15.9 Å². The summed E-state index contributed by atoms with van der Waals surface area (Å²) in [6, 6.07) is 19.5. The van der Waals surface area contributed by atoms with Crippen LogP contribution in [0.1, 0.15) is 25.5 Å². The van der Waals surface area contributed by atoms with Crippen molar-refractivity contribution in [2.45, 2.75) is 25.5 Å². The van der Waals surface area contributed by atoms with Gasteiger partial charge in [0.25, 0.3) is 0 Å². The number of hydrogen-bond donors (Lipinski definition) is 1. The molecular weight excluding hydrogens is 418 g/mol. The molecule has 1 saturated heterocycles. The number of amides is 1. The van der Waals surface area contributed by atoms with Gasteiger partial charge in [0.1, 0.15) is 17.5 Å². The molecule has 1 amide bonds. The smallest absolute Gasteiger partial charge is 0.415 e.